The lowest BCUT2D eigenvalue weighted by atomic mass is 10.2. The summed E-state index contributed by atoms with van der Waals surface area (Å²) >= 11 is 3.47. The van der Waals surface area contributed by atoms with Crippen LogP contribution in [0.5, 0.6) is 11.6 Å². The highest BCUT2D eigenvalue weighted by atomic mass is 79.9. The topological polar surface area (TPSA) is 34.1 Å². The van der Waals surface area contributed by atoms with Gasteiger partial charge in [0.1, 0.15) is 5.75 Å². The number of ether oxygens (including phenoxy) is 1. The van der Waals surface area contributed by atoms with Gasteiger partial charge in [-0.25, -0.2) is 4.98 Å². The van der Waals surface area contributed by atoms with Gasteiger partial charge in [-0.3, -0.25) is 0 Å². The predicted octanol–water partition coefficient (Wildman–Crippen LogP) is 4.69. The van der Waals surface area contributed by atoms with E-state index in [9.17, 15) is 0 Å². The van der Waals surface area contributed by atoms with Crippen LogP contribution in [0.25, 0.3) is 0 Å². The molecule has 4 heteroatoms. The van der Waals surface area contributed by atoms with E-state index in [0.717, 1.165) is 29.0 Å². The van der Waals surface area contributed by atoms with Gasteiger partial charge < -0.3 is 10.1 Å². The van der Waals surface area contributed by atoms with Gasteiger partial charge in [0.25, 0.3) is 0 Å². The zero-order valence-electron chi connectivity index (χ0n) is 12.7. The van der Waals surface area contributed by atoms with Crippen molar-refractivity contribution in [1.82, 2.24) is 10.3 Å². The maximum absolute atomic E-state index is 5.81. The lowest BCUT2D eigenvalue weighted by Gasteiger charge is -2.11. The maximum Gasteiger partial charge on any atom is 0.219 e. The minimum atomic E-state index is 0.618. The fourth-order valence-electron chi connectivity index (χ4n) is 1.95. The SMILES string of the molecule is Cc1nc(Oc2ccccc2Br)ccc1CNCC(C)C. The molecule has 1 aromatic heterocycles. The van der Waals surface area contributed by atoms with Crippen molar-refractivity contribution in [2.75, 3.05) is 6.54 Å². The Balaban J connectivity index is 2.03. The smallest absolute Gasteiger partial charge is 0.219 e. The molecular weight excluding hydrogens is 328 g/mol. The van der Waals surface area contributed by atoms with E-state index in [1.807, 2.05) is 37.3 Å². The predicted molar refractivity (Wildman–Crippen MR) is 89.7 cm³/mol. The molecule has 0 saturated carbocycles. The van der Waals surface area contributed by atoms with E-state index in [1.54, 1.807) is 0 Å². The molecule has 0 unspecified atom stereocenters. The number of nitrogens with one attached hydrogen (secondary N) is 1. The quantitative estimate of drug-likeness (QED) is 0.822. The molecule has 0 aliphatic heterocycles. The summed E-state index contributed by atoms with van der Waals surface area (Å²) < 4.78 is 6.73. The van der Waals surface area contributed by atoms with Gasteiger partial charge in [-0.2, -0.15) is 0 Å². The zero-order chi connectivity index (χ0) is 15.2. The third-order valence-corrected chi connectivity index (χ3v) is 3.74. The highest BCUT2D eigenvalue weighted by Gasteiger charge is 2.06. The Bertz CT molecular complexity index is 599. The van der Waals surface area contributed by atoms with Gasteiger partial charge in [0.2, 0.25) is 5.88 Å². The van der Waals surface area contributed by atoms with E-state index in [-0.39, 0.29) is 0 Å². The van der Waals surface area contributed by atoms with Gasteiger partial charge in [0, 0.05) is 18.3 Å². The maximum atomic E-state index is 5.81. The van der Waals surface area contributed by atoms with Crippen LogP contribution in [-0.4, -0.2) is 11.5 Å². The molecular formula is C17H21BrN2O. The molecule has 3 nitrogen and oxygen atoms in total. The first-order valence-corrected chi connectivity index (χ1v) is 7.95. The molecule has 1 heterocycles. The van der Waals surface area contributed by atoms with Gasteiger partial charge in [0.15, 0.2) is 0 Å². The van der Waals surface area contributed by atoms with Gasteiger partial charge in [-0.15, -0.1) is 0 Å². The van der Waals surface area contributed by atoms with Crippen molar-refractivity contribution in [3.63, 3.8) is 0 Å². The second-order valence-electron chi connectivity index (χ2n) is 5.45. The minimum Gasteiger partial charge on any atom is -0.438 e. The lowest BCUT2D eigenvalue weighted by Crippen LogP contribution is -2.19. The molecule has 2 aromatic rings. The average Bonchev–Trinajstić information content (AvgIpc) is 2.43. The van der Waals surface area contributed by atoms with E-state index in [0.29, 0.717) is 11.8 Å². The first kappa shape index (κ1) is 16.0. The molecule has 21 heavy (non-hydrogen) atoms. The number of aromatic nitrogens is 1. The Labute approximate surface area is 134 Å². The van der Waals surface area contributed by atoms with Crippen molar-refractivity contribution in [1.29, 1.82) is 0 Å². The van der Waals surface area contributed by atoms with Crippen LogP contribution in [0.15, 0.2) is 40.9 Å². The van der Waals surface area contributed by atoms with Crippen LogP contribution in [0.4, 0.5) is 0 Å². The van der Waals surface area contributed by atoms with Crippen LogP contribution in [0.2, 0.25) is 0 Å². The summed E-state index contributed by atoms with van der Waals surface area (Å²) in [5.41, 5.74) is 2.20. The number of hydrogen-bond donors (Lipinski definition) is 1. The largest absolute Gasteiger partial charge is 0.438 e. The number of benzene rings is 1. The summed E-state index contributed by atoms with van der Waals surface area (Å²) in [5, 5.41) is 3.43. The third-order valence-electron chi connectivity index (χ3n) is 3.09. The normalized spacial score (nSPS) is 10.9. The van der Waals surface area contributed by atoms with Crippen molar-refractivity contribution in [2.45, 2.75) is 27.3 Å². The summed E-state index contributed by atoms with van der Waals surface area (Å²) in [4.78, 5) is 4.52. The fourth-order valence-corrected chi connectivity index (χ4v) is 2.31. The van der Waals surface area contributed by atoms with E-state index in [1.165, 1.54) is 5.56 Å². The summed E-state index contributed by atoms with van der Waals surface area (Å²) in [6.45, 7) is 8.26. The second kappa shape index (κ2) is 7.57. The minimum absolute atomic E-state index is 0.618. The molecule has 2 rings (SSSR count). The Kier molecular flexibility index (Phi) is 5.76. The van der Waals surface area contributed by atoms with Crippen molar-refractivity contribution in [3.05, 3.63) is 52.1 Å². The average molecular weight is 349 g/mol. The molecule has 0 fully saturated rings. The second-order valence-corrected chi connectivity index (χ2v) is 6.31. The zero-order valence-corrected chi connectivity index (χ0v) is 14.3. The summed E-state index contributed by atoms with van der Waals surface area (Å²) in [7, 11) is 0. The van der Waals surface area contributed by atoms with Crippen LogP contribution in [0.3, 0.4) is 0 Å². The number of halogens is 1. The van der Waals surface area contributed by atoms with E-state index >= 15 is 0 Å². The van der Waals surface area contributed by atoms with Crippen LogP contribution in [0, 0.1) is 12.8 Å². The Morgan fingerprint density at radius 2 is 1.95 bits per heavy atom. The third kappa shape index (κ3) is 4.83. The number of rotatable bonds is 6. The fraction of sp³-hybridized carbons (Fsp3) is 0.353. The van der Waals surface area contributed by atoms with Crippen molar-refractivity contribution in [3.8, 4) is 11.6 Å². The molecule has 0 atom stereocenters. The van der Waals surface area contributed by atoms with Crippen molar-refractivity contribution in [2.24, 2.45) is 5.92 Å². The molecule has 0 aliphatic carbocycles. The van der Waals surface area contributed by atoms with Crippen LogP contribution >= 0.6 is 15.9 Å². The first-order valence-electron chi connectivity index (χ1n) is 7.16. The van der Waals surface area contributed by atoms with Crippen LogP contribution < -0.4 is 10.1 Å². The Morgan fingerprint density at radius 3 is 2.62 bits per heavy atom. The molecule has 0 radical (unpaired) electrons. The van der Waals surface area contributed by atoms with E-state index in [4.69, 9.17) is 4.74 Å². The summed E-state index contributed by atoms with van der Waals surface area (Å²) in [6.07, 6.45) is 0. The summed E-state index contributed by atoms with van der Waals surface area (Å²) in [5.74, 6) is 2.04. The lowest BCUT2D eigenvalue weighted by molar-refractivity contribution is 0.457. The number of aryl methyl sites for hydroxylation is 1. The van der Waals surface area contributed by atoms with Gasteiger partial charge in [0.05, 0.1) is 4.47 Å². The Morgan fingerprint density at radius 1 is 1.19 bits per heavy atom. The van der Waals surface area contributed by atoms with Crippen molar-refractivity contribution < 1.29 is 4.74 Å². The number of pyridine rings is 1. The van der Waals surface area contributed by atoms with Gasteiger partial charge in [-0.1, -0.05) is 32.0 Å². The van der Waals surface area contributed by atoms with E-state index < -0.39 is 0 Å². The first-order chi connectivity index (χ1) is 10.1. The van der Waals surface area contributed by atoms with Crippen molar-refractivity contribution >= 4 is 15.9 Å². The van der Waals surface area contributed by atoms with Gasteiger partial charge in [-0.05, 0) is 53.0 Å². The molecule has 1 N–H and O–H groups in total. The summed E-state index contributed by atoms with van der Waals surface area (Å²) in [6, 6.07) is 11.8. The molecule has 1 aromatic carbocycles. The molecule has 0 bridgehead atoms. The molecule has 0 spiro atoms. The highest BCUT2D eigenvalue weighted by molar-refractivity contribution is 9.10. The van der Waals surface area contributed by atoms with E-state index in [2.05, 4.69) is 46.1 Å². The standard InChI is InChI=1S/C17H21BrN2O/c1-12(2)10-19-11-14-8-9-17(20-13(14)3)21-16-7-5-4-6-15(16)18/h4-9,12,19H,10-11H2,1-3H3. The molecule has 0 saturated heterocycles. The van der Waals surface area contributed by atoms with Crippen LogP contribution in [0.1, 0.15) is 25.1 Å². The number of para-hydroxylation sites is 1. The number of hydrogen-bond acceptors (Lipinski definition) is 3. The van der Waals surface area contributed by atoms with Crippen LogP contribution in [-0.2, 0) is 6.54 Å². The van der Waals surface area contributed by atoms with Gasteiger partial charge >= 0.3 is 0 Å². The Hall–Kier alpha value is -1.39. The highest BCUT2D eigenvalue weighted by Crippen LogP contribution is 2.28. The molecule has 0 amide bonds. The number of nitrogens with zero attached hydrogens (tertiary/aromatic N) is 1. The molecule has 0 aliphatic rings. The monoisotopic (exact) mass is 348 g/mol. The molecule has 112 valence electrons.